The Labute approximate surface area is 184 Å². The number of anilines is 1. The Morgan fingerprint density at radius 1 is 1.03 bits per heavy atom. The minimum absolute atomic E-state index is 0.0250. The van der Waals surface area contributed by atoms with Crippen molar-refractivity contribution in [2.45, 2.75) is 24.0 Å². The Morgan fingerprint density at radius 2 is 1.83 bits per heavy atom. The molecule has 2 heterocycles. The molecule has 6 heteroatoms. The zero-order valence-electron chi connectivity index (χ0n) is 16.5. The molecule has 30 heavy (non-hydrogen) atoms. The van der Waals surface area contributed by atoms with Crippen LogP contribution < -0.4 is 5.32 Å². The molecule has 0 saturated heterocycles. The molecule has 0 saturated carbocycles. The van der Waals surface area contributed by atoms with Gasteiger partial charge in [-0.3, -0.25) is 9.78 Å². The fraction of sp³-hybridized carbons (Fsp3) is 0.125. The normalized spacial score (nSPS) is 10.7. The minimum atomic E-state index is -0.0250. The Hall–Kier alpha value is -2.96. The molecule has 0 aliphatic carbocycles. The van der Waals surface area contributed by atoms with E-state index in [1.807, 2.05) is 67.7 Å². The summed E-state index contributed by atoms with van der Waals surface area (Å²) < 4.78 is 0. The smallest absolute Gasteiger partial charge is 0.228 e. The van der Waals surface area contributed by atoms with E-state index in [4.69, 9.17) is 0 Å². The quantitative estimate of drug-likeness (QED) is 0.365. The molecule has 0 radical (unpaired) electrons. The molecule has 0 aliphatic heterocycles. The number of rotatable bonds is 7. The third-order valence-electron chi connectivity index (χ3n) is 4.50. The molecule has 4 aromatic rings. The van der Waals surface area contributed by atoms with E-state index in [-0.39, 0.29) is 5.91 Å². The average Bonchev–Trinajstić information content (AvgIpc) is 3.21. The number of aryl methyl sites for hydroxylation is 1. The Kier molecular flexibility index (Phi) is 6.57. The van der Waals surface area contributed by atoms with E-state index < -0.39 is 0 Å². The highest BCUT2D eigenvalue weighted by Crippen LogP contribution is 2.24. The summed E-state index contributed by atoms with van der Waals surface area (Å²) >= 11 is 3.39. The van der Waals surface area contributed by atoms with Crippen molar-refractivity contribution in [3.63, 3.8) is 0 Å². The van der Waals surface area contributed by atoms with Gasteiger partial charge in [0.05, 0.1) is 17.1 Å². The number of pyridine rings is 1. The molecule has 4 nitrogen and oxygen atoms in total. The summed E-state index contributed by atoms with van der Waals surface area (Å²) in [6.07, 6.45) is 4.00. The highest BCUT2D eigenvalue weighted by Gasteiger charge is 2.07. The van der Waals surface area contributed by atoms with Crippen LogP contribution in [0.15, 0.2) is 83.3 Å². The third-order valence-corrected chi connectivity index (χ3v) is 6.36. The molecule has 0 bridgehead atoms. The molecule has 1 amide bonds. The van der Waals surface area contributed by atoms with Crippen LogP contribution in [0.4, 0.5) is 5.69 Å². The van der Waals surface area contributed by atoms with Crippen LogP contribution in [0.25, 0.3) is 11.3 Å². The summed E-state index contributed by atoms with van der Waals surface area (Å²) in [5.41, 5.74) is 5.03. The molecule has 0 unspecified atom stereocenters. The first kappa shape index (κ1) is 20.3. The van der Waals surface area contributed by atoms with Crippen LogP contribution in [0.1, 0.15) is 16.1 Å². The number of amides is 1. The number of nitrogens with zero attached hydrogens (tertiary/aromatic N) is 2. The van der Waals surface area contributed by atoms with Gasteiger partial charge in [-0.05, 0) is 48.4 Å². The van der Waals surface area contributed by atoms with Gasteiger partial charge in [0, 0.05) is 39.7 Å². The highest BCUT2D eigenvalue weighted by molar-refractivity contribution is 7.98. The first-order valence-electron chi connectivity index (χ1n) is 9.59. The average molecular weight is 432 g/mol. The molecular weight excluding hydrogens is 410 g/mol. The summed E-state index contributed by atoms with van der Waals surface area (Å²) in [5.74, 6) is 0.846. The first-order chi connectivity index (χ1) is 14.7. The largest absolute Gasteiger partial charge is 0.326 e. The van der Waals surface area contributed by atoms with E-state index in [1.54, 1.807) is 29.3 Å². The number of carbonyl (C=O) groups excluding carboxylic acids is 1. The molecule has 0 fully saturated rings. The second kappa shape index (κ2) is 9.69. The molecule has 2 aromatic carbocycles. The molecule has 0 spiro atoms. The Bertz CT molecular complexity index is 1110. The molecule has 150 valence electrons. The van der Waals surface area contributed by atoms with Crippen molar-refractivity contribution < 1.29 is 4.79 Å². The second-order valence-corrected chi connectivity index (χ2v) is 8.96. The summed E-state index contributed by atoms with van der Waals surface area (Å²) in [5, 5.41) is 6.07. The predicted octanol–water partition coefficient (Wildman–Crippen LogP) is 5.99. The lowest BCUT2D eigenvalue weighted by Crippen LogP contribution is -2.14. The van der Waals surface area contributed by atoms with Gasteiger partial charge in [0.1, 0.15) is 0 Å². The maximum atomic E-state index is 12.4. The monoisotopic (exact) mass is 431 g/mol. The number of nitrogens with one attached hydrogen (secondary N) is 1. The van der Waals surface area contributed by atoms with Crippen LogP contribution in [-0.2, 0) is 17.0 Å². The minimum Gasteiger partial charge on any atom is -0.326 e. The fourth-order valence-corrected chi connectivity index (χ4v) is 4.42. The molecule has 0 atom stereocenters. The lowest BCUT2D eigenvalue weighted by molar-refractivity contribution is -0.115. The maximum Gasteiger partial charge on any atom is 0.228 e. The first-order valence-corrected chi connectivity index (χ1v) is 11.5. The van der Waals surface area contributed by atoms with Gasteiger partial charge in [-0.25, -0.2) is 4.98 Å². The zero-order chi connectivity index (χ0) is 20.8. The lowest BCUT2D eigenvalue weighted by Gasteiger charge is -2.07. The van der Waals surface area contributed by atoms with E-state index in [1.165, 1.54) is 5.56 Å². The number of hydrogen-bond acceptors (Lipinski definition) is 5. The lowest BCUT2D eigenvalue weighted by atomic mass is 10.1. The van der Waals surface area contributed by atoms with Crippen LogP contribution in [0, 0.1) is 6.92 Å². The molecule has 1 N–H and O–H groups in total. The molecule has 2 aromatic heterocycles. The van der Waals surface area contributed by atoms with Crippen molar-refractivity contribution in [1.82, 2.24) is 9.97 Å². The van der Waals surface area contributed by atoms with E-state index in [9.17, 15) is 4.79 Å². The summed E-state index contributed by atoms with van der Waals surface area (Å²) in [6, 6.07) is 20.0. The highest BCUT2D eigenvalue weighted by atomic mass is 32.2. The summed E-state index contributed by atoms with van der Waals surface area (Å²) in [6.45, 7) is 2.00. The number of aromatic nitrogens is 2. The van der Waals surface area contributed by atoms with E-state index in [0.717, 1.165) is 38.2 Å². The van der Waals surface area contributed by atoms with Gasteiger partial charge in [-0.2, -0.15) is 0 Å². The van der Waals surface area contributed by atoms with Gasteiger partial charge < -0.3 is 5.32 Å². The topological polar surface area (TPSA) is 54.9 Å². The zero-order valence-corrected chi connectivity index (χ0v) is 18.2. The molecule has 4 rings (SSSR count). The van der Waals surface area contributed by atoms with E-state index >= 15 is 0 Å². The predicted molar refractivity (Wildman–Crippen MR) is 125 cm³/mol. The number of hydrogen-bond donors (Lipinski definition) is 1. The van der Waals surface area contributed by atoms with Gasteiger partial charge in [-0.15, -0.1) is 23.1 Å². The fourth-order valence-electron chi connectivity index (χ4n) is 2.96. The van der Waals surface area contributed by atoms with Crippen LogP contribution in [0.2, 0.25) is 0 Å². The Morgan fingerprint density at radius 3 is 2.50 bits per heavy atom. The Balaban J connectivity index is 1.29. The molecular formula is C24H21N3OS2. The van der Waals surface area contributed by atoms with Gasteiger partial charge in [0.25, 0.3) is 0 Å². The van der Waals surface area contributed by atoms with Crippen LogP contribution in [0.3, 0.4) is 0 Å². The van der Waals surface area contributed by atoms with Crippen LogP contribution in [0.5, 0.6) is 0 Å². The van der Waals surface area contributed by atoms with E-state index in [2.05, 4.69) is 26.7 Å². The number of thiazole rings is 1. The van der Waals surface area contributed by atoms with Crippen molar-refractivity contribution in [2.24, 2.45) is 0 Å². The van der Waals surface area contributed by atoms with Crippen molar-refractivity contribution in [3.05, 3.63) is 94.6 Å². The van der Waals surface area contributed by atoms with Crippen molar-refractivity contribution in [2.75, 3.05) is 5.32 Å². The van der Waals surface area contributed by atoms with Crippen molar-refractivity contribution in [1.29, 1.82) is 0 Å². The van der Waals surface area contributed by atoms with Gasteiger partial charge in [-0.1, -0.05) is 30.3 Å². The van der Waals surface area contributed by atoms with Gasteiger partial charge >= 0.3 is 0 Å². The summed E-state index contributed by atoms with van der Waals surface area (Å²) in [7, 11) is 0. The number of carbonyl (C=O) groups is 1. The maximum absolute atomic E-state index is 12.4. The third kappa shape index (κ3) is 5.55. The van der Waals surface area contributed by atoms with Crippen LogP contribution in [-0.4, -0.2) is 15.9 Å². The SMILES string of the molecule is Cc1nc(-c2ccc(CC(=O)Nc3ccc(SCc4cccnc4)cc3)cc2)cs1. The summed E-state index contributed by atoms with van der Waals surface area (Å²) in [4.78, 5) is 22.2. The van der Waals surface area contributed by atoms with Gasteiger partial charge in [0.2, 0.25) is 5.91 Å². The standard InChI is InChI=1S/C24H21N3OS2/c1-17-26-23(16-29-17)20-6-4-18(5-7-20)13-24(28)27-21-8-10-22(11-9-21)30-15-19-3-2-12-25-14-19/h2-12,14,16H,13,15H2,1H3,(H,27,28). The second-order valence-electron chi connectivity index (χ2n) is 6.85. The van der Waals surface area contributed by atoms with Gasteiger partial charge in [0.15, 0.2) is 0 Å². The number of thioether (sulfide) groups is 1. The van der Waals surface area contributed by atoms with Crippen LogP contribution >= 0.6 is 23.1 Å². The molecule has 0 aliphatic rings. The van der Waals surface area contributed by atoms with Crippen molar-refractivity contribution >= 4 is 34.7 Å². The number of benzene rings is 2. The van der Waals surface area contributed by atoms with E-state index in [0.29, 0.717) is 6.42 Å². The van der Waals surface area contributed by atoms with Crippen molar-refractivity contribution in [3.8, 4) is 11.3 Å².